The van der Waals surface area contributed by atoms with Gasteiger partial charge in [0, 0.05) is 29.5 Å². The van der Waals surface area contributed by atoms with Crippen molar-refractivity contribution in [3.05, 3.63) is 69.2 Å². The van der Waals surface area contributed by atoms with Gasteiger partial charge in [-0.2, -0.15) is 18.3 Å². The first-order valence-corrected chi connectivity index (χ1v) is 13.6. The minimum absolute atomic E-state index is 0.00601. The van der Waals surface area contributed by atoms with Crippen LogP contribution >= 0.6 is 23.4 Å². The van der Waals surface area contributed by atoms with E-state index in [1.165, 1.54) is 23.0 Å². The Balaban J connectivity index is 1.36. The summed E-state index contributed by atoms with van der Waals surface area (Å²) in [6, 6.07) is 8.13. The molecule has 2 aliphatic heterocycles. The molecule has 2 saturated heterocycles. The lowest BCUT2D eigenvalue weighted by atomic mass is 10.00. The molecule has 0 spiro atoms. The molecule has 2 amide bonds. The number of amides is 2. The molecular weight excluding hydrogens is 556 g/mol. The van der Waals surface area contributed by atoms with Crippen LogP contribution in [-0.2, 0) is 17.5 Å². The number of halogens is 5. The number of carbonyl (C=O) groups is 2. The number of thioether (sulfide) groups is 1. The number of hydrogen-bond acceptors (Lipinski definition) is 5. The van der Waals surface area contributed by atoms with Crippen molar-refractivity contribution in [3.8, 4) is 0 Å². The van der Waals surface area contributed by atoms with Crippen LogP contribution in [-0.4, -0.2) is 62.1 Å². The molecule has 0 radical (unpaired) electrons. The van der Waals surface area contributed by atoms with Crippen LogP contribution in [0, 0.1) is 0 Å². The van der Waals surface area contributed by atoms with Crippen molar-refractivity contribution in [3.63, 3.8) is 0 Å². The van der Waals surface area contributed by atoms with Gasteiger partial charge in [-0.1, -0.05) is 23.7 Å². The van der Waals surface area contributed by atoms with Crippen LogP contribution in [0.15, 0.2) is 47.5 Å². The van der Waals surface area contributed by atoms with E-state index < -0.39 is 35.1 Å². The molecule has 0 aliphatic carbocycles. The monoisotopic (exact) mass is 580 g/mol. The lowest BCUT2D eigenvalue weighted by molar-refractivity contribution is -0.138. The summed E-state index contributed by atoms with van der Waals surface area (Å²) in [5.41, 5.74) is 0.415. The molecule has 0 bridgehead atoms. The molecule has 0 unspecified atom stereocenters. The lowest BCUT2D eigenvalue weighted by Crippen LogP contribution is -2.55. The van der Waals surface area contributed by atoms with E-state index >= 15 is 0 Å². The third-order valence-corrected chi connectivity index (χ3v) is 8.20. The van der Waals surface area contributed by atoms with Gasteiger partial charge in [0.15, 0.2) is 0 Å². The number of piperidine rings is 1. The van der Waals surface area contributed by atoms with E-state index in [4.69, 9.17) is 11.6 Å². The van der Waals surface area contributed by atoms with Gasteiger partial charge < -0.3 is 0 Å². The van der Waals surface area contributed by atoms with Crippen molar-refractivity contribution >= 4 is 51.5 Å². The van der Waals surface area contributed by atoms with Gasteiger partial charge in [0.05, 0.1) is 34.8 Å². The molecule has 2 fully saturated rings. The number of hydrogen-bond donors (Lipinski definition) is 0. The smallest absolute Gasteiger partial charge is 0.298 e. The zero-order chi connectivity index (χ0) is 28.1. The van der Waals surface area contributed by atoms with Gasteiger partial charge in [-0.15, -0.1) is 0 Å². The van der Waals surface area contributed by atoms with Gasteiger partial charge in [0.2, 0.25) is 0 Å². The number of fused-ring (bicyclic) bond motifs is 1. The molecule has 2 atom stereocenters. The lowest BCUT2D eigenvalue weighted by Gasteiger charge is -2.39. The molecule has 206 valence electrons. The Kier molecular flexibility index (Phi) is 7.51. The van der Waals surface area contributed by atoms with Crippen molar-refractivity contribution in [1.29, 1.82) is 0 Å². The van der Waals surface area contributed by atoms with E-state index in [9.17, 15) is 27.2 Å². The van der Waals surface area contributed by atoms with Gasteiger partial charge >= 0.3 is 6.18 Å². The zero-order valence-corrected chi connectivity index (χ0v) is 22.7. The summed E-state index contributed by atoms with van der Waals surface area (Å²) in [5.74, 6) is -0.520. The first-order chi connectivity index (χ1) is 18.4. The zero-order valence-electron chi connectivity index (χ0n) is 21.1. The van der Waals surface area contributed by atoms with Crippen LogP contribution in [0.3, 0.4) is 0 Å². The quantitative estimate of drug-likeness (QED) is 0.251. The average molecular weight is 581 g/mol. The van der Waals surface area contributed by atoms with E-state index in [1.807, 2.05) is 18.7 Å². The minimum Gasteiger partial charge on any atom is -0.298 e. The van der Waals surface area contributed by atoms with E-state index in [0.717, 1.165) is 22.7 Å². The van der Waals surface area contributed by atoms with Gasteiger partial charge in [0.25, 0.3) is 11.1 Å². The normalized spacial score (nSPS) is 22.2. The first kappa shape index (κ1) is 27.7. The molecule has 6 nitrogen and oxygen atoms in total. The Bertz CT molecular complexity index is 1470. The number of carbonyl (C=O) groups excluding carboxylic acids is 2. The van der Waals surface area contributed by atoms with E-state index in [2.05, 4.69) is 5.10 Å². The van der Waals surface area contributed by atoms with E-state index in [1.54, 1.807) is 24.3 Å². The average Bonchev–Trinajstić information content (AvgIpc) is 3.38. The third-order valence-electron chi connectivity index (χ3n) is 7.09. The molecular formula is C27H25ClF4N4O2S. The highest BCUT2D eigenvalue weighted by atomic mass is 35.5. The third kappa shape index (κ3) is 5.57. The number of likely N-dealkylation sites (tertiary alicyclic amines) is 1. The highest BCUT2D eigenvalue weighted by molar-refractivity contribution is 8.18. The Morgan fingerprint density at radius 2 is 1.95 bits per heavy atom. The Hall–Kier alpha value is -2.89. The second-order valence-electron chi connectivity index (χ2n) is 9.93. The molecule has 5 rings (SSSR count). The van der Waals surface area contributed by atoms with Crippen molar-refractivity contribution in [1.82, 2.24) is 19.6 Å². The summed E-state index contributed by atoms with van der Waals surface area (Å²) in [6.07, 6.45) is -2.42. The van der Waals surface area contributed by atoms with E-state index in [-0.39, 0.29) is 34.6 Å². The summed E-state index contributed by atoms with van der Waals surface area (Å²) in [4.78, 5) is 29.0. The maximum atomic E-state index is 15.0. The Labute approximate surface area is 231 Å². The predicted molar refractivity (Wildman–Crippen MR) is 143 cm³/mol. The summed E-state index contributed by atoms with van der Waals surface area (Å²) in [6.45, 7) is 4.62. The second kappa shape index (κ2) is 10.6. The molecule has 3 heterocycles. The fourth-order valence-corrected chi connectivity index (χ4v) is 6.08. The molecule has 1 aromatic heterocycles. The number of nitrogens with zero attached hydrogens (tertiary/aromatic N) is 4. The summed E-state index contributed by atoms with van der Waals surface area (Å²) in [5, 5.41) is 4.40. The molecule has 39 heavy (non-hydrogen) atoms. The molecule has 0 N–H and O–H groups in total. The van der Waals surface area contributed by atoms with Crippen LogP contribution in [0.1, 0.15) is 37.0 Å². The molecule has 2 aromatic carbocycles. The maximum absolute atomic E-state index is 15.0. The standard InChI is InChI=1S/C27H25ClF4N4O2S/c1-15(2)34-8-7-23(21(29)14-34)36-25(37)24(39-26(36)38)10-16-3-6-22-18(9-16)12-33-35(22)13-17-4-5-19(28)11-20(17)27(30,31)32/h3-6,9-12,15,21,23H,7-8,13-14H2,1-2H3/t21-,23-/m1/s1. The summed E-state index contributed by atoms with van der Waals surface area (Å²) < 4.78 is 57.0. The molecule has 0 saturated carbocycles. The van der Waals surface area contributed by atoms with Crippen LogP contribution in [0.4, 0.5) is 22.4 Å². The highest BCUT2D eigenvalue weighted by Crippen LogP contribution is 2.37. The molecule has 2 aliphatic rings. The molecule has 3 aromatic rings. The topological polar surface area (TPSA) is 58.4 Å². The number of aromatic nitrogens is 2. The number of imide groups is 1. The fourth-order valence-electron chi connectivity index (χ4n) is 5.03. The Morgan fingerprint density at radius 3 is 2.64 bits per heavy atom. The van der Waals surface area contributed by atoms with Gasteiger partial charge in [-0.25, -0.2) is 4.39 Å². The van der Waals surface area contributed by atoms with Gasteiger partial charge in [-0.3, -0.25) is 24.1 Å². The van der Waals surface area contributed by atoms with E-state index in [0.29, 0.717) is 29.4 Å². The summed E-state index contributed by atoms with van der Waals surface area (Å²) in [7, 11) is 0. The van der Waals surface area contributed by atoms with Crippen molar-refractivity contribution < 1.29 is 27.2 Å². The minimum atomic E-state index is -4.56. The maximum Gasteiger partial charge on any atom is 0.416 e. The fraction of sp³-hybridized carbons (Fsp3) is 0.370. The van der Waals surface area contributed by atoms with Crippen molar-refractivity contribution in [2.75, 3.05) is 13.1 Å². The predicted octanol–water partition coefficient (Wildman–Crippen LogP) is 6.61. The largest absolute Gasteiger partial charge is 0.416 e. The van der Waals surface area contributed by atoms with Crippen LogP contribution in [0.5, 0.6) is 0 Å². The number of benzene rings is 2. The van der Waals surface area contributed by atoms with Gasteiger partial charge in [0.1, 0.15) is 6.17 Å². The van der Waals surface area contributed by atoms with Gasteiger partial charge in [-0.05, 0) is 73.5 Å². The first-order valence-electron chi connectivity index (χ1n) is 12.4. The highest BCUT2D eigenvalue weighted by Gasteiger charge is 2.45. The number of rotatable bonds is 5. The van der Waals surface area contributed by atoms with Crippen LogP contribution in [0.2, 0.25) is 5.02 Å². The summed E-state index contributed by atoms with van der Waals surface area (Å²) >= 11 is 6.56. The second-order valence-corrected chi connectivity index (χ2v) is 11.4. The van der Waals surface area contributed by atoms with Crippen LogP contribution < -0.4 is 0 Å². The Morgan fingerprint density at radius 1 is 1.18 bits per heavy atom. The molecule has 12 heteroatoms. The van der Waals surface area contributed by atoms with Crippen LogP contribution in [0.25, 0.3) is 17.0 Å². The van der Waals surface area contributed by atoms with Crippen molar-refractivity contribution in [2.45, 2.75) is 51.2 Å². The SMILES string of the molecule is CC(C)N1CC[C@@H](N2C(=O)SC(=Cc3ccc4c(cnn4Cc4ccc(Cl)cc4C(F)(F)F)c3)C2=O)[C@H](F)C1. The number of alkyl halides is 4. The van der Waals surface area contributed by atoms with Crippen molar-refractivity contribution in [2.24, 2.45) is 0 Å².